The third-order valence-corrected chi connectivity index (χ3v) is 6.95. The summed E-state index contributed by atoms with van der Waals surface area (Å²) in [6.45, 7) is 1.99. The van der Waals surface area contributed by atoms with Crippen LogP contribution in [0, 0.1) is 11.6 Å². The maximum absolute atomic E-state index is 13.9. The molecule has 3 aromatic rings. The van der Waals surface area contributed by atoms with Crippen molar-refractivity contribution in [3.63, 3.8) is 0 Å². The summed E-state index contributed by atoms with van der Waals surface area (Å²) < 4.78 is 34.1. The predicted octanol–water partition coefficient (Wildman–Crippen LogP) is 5.46. The van der Waals surface area contributed by atoms with Crippen LogP contribution in [0.5, 0.6) is 5.75 Å². The van der Waals surface area contributed by atoms with Gasteiger partial charge in [-0.1, -0.05) is 18.5 Å². The molecular formula is C24H25ClF2N2O2. The van der Waals surface area contributed by atoms with Gasteiger partial charge >= 0.3 is 0 Å². The SMILES string of the molecule is CCC(N)C1(c2cc(F)cc(F)c2)CCC(Oc2ccc3c(=O)[nH]ccc3c2Cl)CC1. The van der Waals surface area contributed by atoms with Gasteiger partial charge in [0.05, 0.1) is 11.1 Å². The van der Waals surface area contributed by atoms with Crippen LogP contribution in [0.15, 0.2) is 47.4 Å². The van der Waals surface area contributed by atoms with Gasteiger partial charge in [0.1, 0.15) is 17.4 Å². The Morgan fingerprint density at radius 3 is 2.48 bits per heavy atom. The molecule has 164 valence electrons. The van der Waals surface area contributed by atoms with Crippen molar-refractivity contribution in [2.24, 2.45) is 5.73 Å². The van der Waals surface area contributed by atoms with E-state index in [0.29, 0.717) is 59.2 Å². The van der Waals surface area contributed by atoms with E-state index >= 15 is 0 Å². The highest BCUT2D eigenvalue weighted by Crippen LogP contribution is 2.44. The molecule has 1 saturated carbocycles. The summed E-state index contributed by atoms with van der Waals surface area (Å²) in [4.78, 5) is 14.6. The van der Waals surface area contributed by atoms with Gasteiger partial charge < -0.3 is 15.5 Å². The van der Waals surface area contributed by atoms with Crippen molar-refractivity contribution in [2.45, 2.75) is 56.6 Å². The van der Waals surface area contributed by atoms with Crippen molar-refractivity contribution in [3.8, 4) is 5.75 Å². The lowest BCUT2D eigenvalue weighted by Crippen LogP contribution is -2.49. The summed E-state index contributed by atoms with van der Waals surface area (Å²) in [5, 5.41) is 1.54. The maximum Gasteiger partial charge on any atom is 0.255 e. The maximum atomic E-state index is 13.9. The number of nitrogens with one attached hydrogen (secondary N) is 1. The highest BCUT2D eigenvalue weighted by atomic mass is 35.5. The standard InChI is InChI=1S/C24H25ClF2N2O2/c1-2-21(28)24(14-11-15(26)13-16(27)12-14)8-5-17(6-9-24)31-20-4-3-19-18(22(20)25)7-10-29-23(19)30/h3-4,7,10-13,17,21H,2,5-6,8-9,28H2,1H3,(H,29,30). The number of fused-ring (bicyclic) bond motifs is 1. The normalized spacial score (nSPS) is 22.4. The fourth-order valence-electron chi connectivity index (χ4n) is 4.81. The van der Waals surface area contributed by atoms with Crippen molar-refractivity contribution < 1.29 is 13.5 Å². The molecule has 1 aliphatic carbocycles. The molecular weight excluding hydrogens is 422 g/mol. The number of aromatic nitrogens is 1. The molecule has 0 amide bonds. The Hall–Kier alpha value is -2.44. The molecule has 0 radical (unpaired) electrons. The Balaban J connectivity index is 1.57. The van der Waals surface area contributed by atoms with Gasteiger partial charge in [0.25, 0.3) is 5.56 Å². The lowest BCUT2D eigenvalue weighted by Gasteiger charge is -2.44. The first kappa shape index (κ1) is 21.8. The minimum absolute atomic E-state index is 0.104. The van der Waals surface area contributed by atoms with Crippen LogP contribution in [0.3, 0.4) is 0 Å². The van der Waals surface area contributed by atoms with Crippen LogP contribution in [0.25, 0.3) is 10.8 Å². The highest BCUT2D eigenvalue weighted by Gasteiger charge is 2.42. The van der Waals surface area contributed by atoms with Crippen LogP contribution in [0.1, 0.15) is 44.6 Å². The van der Waals surface area contributed by atoms with Crippen molar-refractivity contribution in [1.29, 1.82) is 0 Å². The smallest absolute Gasteiger partial charge is 0.255 e. The van der Waals surface area contributed by atoms with Gasteiger partial charge in [0, 0.05) is 34.5 Å². The van der Waals surface area contributed by atoms with E-state index in [-0.39, 0.29) is 17.7 Å². The molecule has 1 aliphatic rings. The Labute approximate surface area is 184 Å². The summed E-state index contributed by atoms with van der Waals surface area (Å²) in [5.74, 6) is -0.656. The van der Waals surface area contributed by atoms with E-state index in [1.807, 2.05) is 6.92 Å². The number of benzene rings is 2. The van der Waals surface area contributed by atoms with E-state index in [0.717, 1.165) is 6.07 Å². The number of hydrogen-bond donors (Lipinski definition) is 2. The fourth-order valence-corrected chi connectivity index (χ4v) is 5.09. The van der Waals surface area contributed by atoms with E-state index in [2.05, 4.69) is 4.98 Å². The summed E-state index contributed by atoms with van der Waals surface area (Å²) in [7, 11) is 0. The molecule has 0 spiro atoms. The molecule has 4 nitrogen and oxygen atoms in total. The van der Waals surface area contributed by atoms with Crippen molar-refractivity contribution in [1.82, 2.24) is 4.98 Å². The number of pyridine rings is 1. The van der Waals surface area contributed by atoms with Crippen LogP contribution in [-0.2, 0) is 5.41 Å². The van der Waals surface area contributed by atoms with Crippen LogP contribution in [-0.4, -0.2) is 17.1 Å². The Bertz CT molecular complexity index is 1140. The van der Waals surface area contributed by atoms with E-state index in [1.54, 1.807) is 24.4 Å². The second-order valence-corrected chi connectivity index (χ2v) is 8.67. The summed E-state index contributed by atoms with van der Waals surface area (Å²) in [6.07, 6.45) is 4.81. The summed E-state index contributed by atoms with van der Waals surface area (Å²) >= 11 is 6.51. The first-order chi connectivity index (χ1) is 14.8. The third-order valence-electron chi connectivity index (χ3n) is 6.56. The Kier molecular flexibility index (Phi) is 6.04. The first-order valence-electron chi connectivity index (χ1n) is 10.5. The van der Waals surface area contributed by atoms with Gasteiger partial charge in [-0.25, -0.2) is 8.78 Å². The number of nitrogens with two attached hydrogens (primary N) is 1. The zero-order valence-electron chi connectivity index (χ0n) is 17.3. The van der Waals surface area contributed by atoms with Gasteiger partial charge in [0.2, 0.25) is 0 Å². The molecule has 0 aliphatic heterocycles. The van der Waals surface area contributed by atoms with E-state index in [1.165, 1.54) is 12.1 Å². The highest BCUT2D eigenvalue weighted by molar-refractivity contribution is 6.37. The lowest BCUT2D eigenvalue weighted by atomic mass is 9.64. The molecule has 31 heavy (non-hydrogen) atoms. The molecule has 1 atom stereocenters. The molecule has 4 rings (SSSR count). The third kappa shape index (κ3) is 4.06. The second kappa shape index (κ2) is 8.60. The molecule has 7 heteroatoms. The molecule has 1 unspecified atom stereocenters. The number of ether oxygens (including phenoxy) is 1. The first-order valence-corrected chi connectivity index (χ1v) is 10.9. The average molecular weight is 447 g/mol. The average Bonchev–Trinajstić information content (AvgIpc) is 2.75. The lowest BCUT2D eigenvalue weighted by molar-refractivity contribution is 0.103. The zero-order valence-corrected chi connectivity index (χ0v) is 18.0. The van der Waals surface area contributed by atoms with Gasteiger partial charge in [-0.2, -0.15) is 0 Å². The predicted molar refractivity (Wildman–Crippen MR) is 119 cm³/mol. The summed E-state index contributed by atoms with van der Waals surface area (Å²) in [6, 6.07) is 8.62. The number of aromatic amines is 1. The molecule has 1 heterocycles. The van der Waals surface area contributed by atoms with Crippen molar-refractivity contribution in [3.05, 3.63) is 75.2 Å². The van der Waals surface area contributed by atoms with Gasteiger partial charge in [-0.15, -0.1) is 0 Å². The molecule has 0 saturated heterocycles. The van der Waals surface area contributed by atoms with E-state index < -0.39 is 17.0 Å². The summed E-state index contributed by atoms with van der Waals surface area (Å²) in [5.41, 5.74) is 6.38. The van der Waals surface area contributed by atoms with E-state index in [4.69, 9.17) is 22.1 Å². The van der Waals surface area contributed by atoms with Crippen molar-refractivity contribution in [2.75, 3.05) is 0 Å². The fraction of sp³-hybridized carbons (Fsp3) is 0.375. The molecule has 1 fully saturated rings. The van der Waals surface area contributed by atoms with Gasteiger partial charge in [0.15, 0.2) is 0 Å². The largest absolute Gasteiger partial charge is 0.489 e. The molecule has 1 aromatic heterocycles. The monoisotopic (exact) mass is 446 g/mol. The number of hydrogen-bond acceptors (Lipinski definition) is 3. The molecule has 2 aromatic carbocycles. The molecule has 3 N–H and O–H groups in total. The minimum Gasteiger partial charge on any atom is -0.489 e. The number of halogens is 3. The molecule has 0 bridgehead atoms. The number of H-pyrrole nitrogens is 1. The minimum atomic E-state index is -0.589. The Morgan fingerprint density at radius 2 is 1.84 bits per heavy atom. The van der Waals surface area contributed by atoms with Gasteiger partial charge in [-0.3, -0.25) is 4.79 Å². The van der Waals surface area contributed by atoms with Crippen LogP contribution in [0.2, 0.25) is 5.02 Å². The number of rotatable bonds is 5. The van der Waals surface area contributed by atoms with Crippen LogP contribution in [0.4, 0.5) is 8.78 Å². The topological polar surface area (TPSA) is 68.1 Å². The van der Waals surface area contributed by atoms with Gasteiger partial charge in [-0.05, 0) is 68.0 Å². The van der Waals surface area contributed by atoms with Crippen LogP contribution >= 0.6 is 11.6 Å². The van der Waals surface area contributed by atoms with Crippen LogP contribution < -0.4 is 16.0 Å². The van der Waals surface area contributed by atoms with Crippen molar-refractivity contribution >= 4 is 22.4 Å². The van der Waals surface area contributed by atoms with E-state index in [9.17, 15) is 13.6 Å². The second-order valence-electron chi connectivity index (χ2n) is 8.29. The zero-order chi connectivity index (χ0) is 22.2. The quantitative estimate of drug-likeness (QED) is 0.547. The Morgan fingerprint density at radius 1 is 1.16 bits per heavy atom.